The summed E-state index contributed by atoms with van der Waals surface area (Å²) in [5.74, 6) is 2.69. The van der Waals surface area contributed by atoms with E-state index in [0.29, 0.717) is 6.54 Å². The normalized spacial score (nSPS) is 22.4. The molecule has 1 aliphatic carbocycles. The molecule has 1 saturated carbocycles. The topological polar surface area (TPSA) is 49.3 Å². The fraction of sp³-hybridized carbons (Fsp3) is 0.667. The Labute approximate surface area is 134 Å². The Morgan fingerprint density at radius 2 is 2.23 bits per heavy atom. The number of aromatic nitrogens is 1. The van der Waals surface area contributed by atoms with Gasteiger partial charge >= 0.3 is 0 Å². The van der Waals surface area contributed by atoms with Gasteiger partial charge in [-0.2, -0.15) is 0 Å². The van der Waals surface area contributed by atoms with Crippen molar-refractivity contribution in [2.75, 3.05) is 13.1 Å². The van der Waals surface area contributed by atoms with Gasteiger partial charge in [-0.25, -0.2) is 4.99 Å². The number of hydrogen-bond acceptors (Lipinski definition) is 2. The average molecular weight is 302 g/mol. The maximum absolute atomic E-state index is 4.61. The van der Waals surface area contributed by atoms with E-state index >= 15 is 0 Å². The van der Waals surface area contributed by atoms with Gasteiger partial charge in [-0.1, -0.05) is 32.3 Å². The fourth-order valence-corrected chi connectivity index (χ4v) is 3.21. The summed E-state index contributed by atoms with van der Waals surface area (Å²) in [5, 5.41) is 6.77. The van der Waals surface area contributed by atoms with Crippen LogP contribution in [0.3, 0.4) is 0 Å². The third-order valence-corrected chi connectivity index (χ3v) is 4.36. The van der Waals surface area contributed by atoms with Crippen molar-refractivity contribution in [2.45, 2.75) is 52.5 Å². The molecule has 1 aliphatic rings. The lowest BCUT2D eigenvalue weighted by Gasteiger charge is -2.26. The van der Waals surface area contributed by atoms with Crippen LogP contribution < -0.4 is 10.6 Å². The molecule has 22 heavy (non-hydrogen) atoms. The molecule has 4 heteroatoms. The maximum atomic E-state index is 4.61. The van der Waals surface area contributed by atoms with E-state index in [1.54, 1.807) is 0 Å². The number of nitrogens with one attached hydrogen (secondary N) is 2. The van der Waals surface area contributed by atoms with E-state index in [9.17, 15) is 0 Å². The lowest BCUT2D eigenvalue weighted by atomic mass is 9.81. The summed E-state index contributed by atoms with van der Waals surface area (Å²) >= 11 is 0. The van der Waals surface area contributed by atoms with E-state index < -0.39 is 0 Å². The van der Waals surface area contributed by atoms with Crippen molar-refractivity contribution >= 4 is 5.96 Å². The van der Waals surface area contributed by atoms with Crippen molar-refractivity contribution in [3.63, 3.8) is 0 Å². The molecule has 0 spiro atoms. The first-order chi connectivity index (χ1) is 10.8. The van der Waals surface area contributed by atoms with Gasteiger partial charge in [0.15, 0.2) is 5.96 Å². The zero-order valence-electron chi connectivity index (χ0n) is 14.0. The summed E-state index contributed by atoms with van der Waals surface area (Å²) in [7, 11) is 0. The lowest BCUT2D eigenvalue weighted by molar-refractivity contribution is 0.270. The first-order valence-electron chi connectivity index (χ1n) is 8.70. The number of guanidine groups is 1. The molecule has 0 amide bonds. The van der Waals surface area contributed by atoms with Gasteiger partial charge in [-0.15, -0.1) is 0 Å². The zero-order chi connectivity index (χ0) is 15.6. The number of pyridine rings is 1. The molecule has 2 unspecified atom stereocenters. The van der Waals surface area contributed by atoms with Crippen molar-refractivity contribution in [2.24, 2.45) is 16.8 Å². The van der Waals surface area contributed by atoms with Gasteiger partial charge in [0.1, 0.15) is 0 Å². The molecular weight excluding hydrogens is 272 g/mol. The number of aliphatic imine (C=N–C) groups is 1. The van der Waals surface area contributed by atoms with Gasteiger partial charge < -0.3 is 10.6 Å². The third-order valence-electron chi connectivity index (χ3n) is 4.36. The molecule has 1 heterocycles. The quantitative estimate of drug-likeness (QED) is 0.626. The molecule has 1 aromatic rings. The second kappa shape index (κ2) is 9.44. The Hall–Kier alpha value is -1.58. The summed E-state index contributed by atoms with van der Waals surface area (Å²) in [6.45, 7) is 7.00. The minimum absolute atomic E-state index is 0.622. The minimum Gasteiger partial charge on any atom is -0.357 e. The van der Waals surface area contributed by atoms with Crippen LogP contribution in [0.25, 0.3) is 0 Å². The molecule has 2 atom stereocenters. The molecule has 2 N–H and O–H groups in total. The Bertz CT molecular complexity index is 444. The average Bonchev–Trinajstić information content (AvgIpc) is 2.54. The van der Waals surface area contributed by atoms with Crippen molar-refractivity contribution in [3.8, 4) is 0 Å². The summed E-state index contributed by atoms with van der Waals surface area (Å²) in [6.07, 6.45) is 8.67. The summed E-state index contributed by atoms with van der Waals surface area (Å²) in [4.78, 5) is 8.92. The summed E-state index contributed by atoms with van der Waals surface area (Å²) in [5.41, 5.74) is 1.00. The molecule has 2 rings (SSSR count). The van der Waals surface area contributed by atoms with Gasteiger partial charge in [0.2, 0.25) is 0 Å². The highest BCUT2D eigenvalue weighted by molar-refractivity contribution is 5.79. The Balaban J connectivity index is 1.76. The summed E-state index contributed by atoms with van der Waals surface area (Å²) in [6, 6.07) is 5.95. The minimum atomic E-state index is 0.622. The molecule has 4 nitrogen and oxygen atoms in total. The molecule has 0 radical (unpaired) electrons. The predicted molar refractivity (Wildman–Crippen MR) is 92.8 cm³/mol. The van der Waals surface area contributed by atoms with Crippen LogP contribution in [0.4, 0.5) is 0 Å². The van der Waals surface area contributed by atoms with Gasteiger partial charge in [0, 0.05) is 19.3 Å². The number of rotatable bonds is 6. The van der Waals surface area contributed by atoms with Crippen LogP contribution in [0, 0.1) is 11.8 Å². The molecule has 1 aromatic heterocycles. The zero-order valence-corrected chi connectivity index (χ0v) is 14.0. The molecule has 0 bridgehead atoms. The Kier molecular flexibility index (Phi) is 7.20. The highest BCUT2D eigenvalue weighted by Crippen LogP contribution is 2.30. The molecule has 122 valence electrons. The van der Waals surface area contributed by atoms with Crippen molar-refractivity contribution in [3.05, 3.63) is 30.1 Å². The van der Waals surface area contributed by atoms with Gasteiger partial charge in [0.25, 0.3) is 0 Å². The van der Waals surface area contributed by atoms with Crippen LogP contribution in [0.2, 0.25) is 0 Å². The fourth-order valence-electron chi connectivity index (χ4n) is 3.21. The van der Waals surface area contributed by atoms with Crippen LogP contribution in [-0.2, 0) is 6.54 Å². The van der Waals surface area contributed by atoms with E-state index in [1.807, 2.05) is 24.4 Å². The van der Waals surface area contributed by atoms with Crippen molar-refractivity contribution < 1.29 is 0 Å². The van der Waals surface area contributed by atoms with E-state index in [2.05, 4.69) is 34.5 Å². The molecule has 0 aliphatic heterocycles. The maximum Gasteiger partial charge on any atom is 0.191 e. The SMILES string of the molecule is CCNC(=NCc1ccccn1)NCCC1CCCC(C)C1. The van der Waals surface area contributed by atoms with Gasteiger partial charge in [-0.05, 0) is 43.7 Å². The van der Waals surface area contributed by atoms with Crippen LogP contribution in [0.15, 0.2) is 29.4 Å². The predicted octanol–water partition coefficient (Wildman–Crippen LogP) is 3.35. The second-order valence-corrected chi connectivity index (χ2v) is 6.37. The molecule has 1 fully saturated rings. The third kappa shape index (κ3) is 6.04. The monoisotopic (exact) mass is 302 g/mol. The first-order valence-corrected chi connectivity index (χ1v) is 8.70. The van der Waals surface area contributed by atoms with Gasteiger partial charge in [-0.3, -0.25) is 4.98 Å². The van der Waals surface area contributed by atoms with Crippen LogP contribution >= 0.6 is 0 Å². The number of nitrogens with zero attached hydrogens (tertiary/aromatic N) is 2. The number of hydrogen-bond donors (Lipinski definition) is 2. The van der Waals surface area contributed by atoms with E-state index in [0.717, 1.165) is 36.6 Å². The van der Waals surface area contributed by atoms with Crippen molar-refractivity contribution in [1.82, 2.24) is 15.6 Å². The standard InChI is InChI=1S/C18H30N4/c1-3-19-18(22-14-17-9-4-5-11-20-17)21-12-10-16-8-6-7-15(2)13-16/h4-5,9,11,15-16H,3,6-8,10,12-14H2,1-2H3,(H2,19,21,22). The lowest BCUT2D eigenvalue weighted by Crippen LogP contribution is -2.38. The van der Waals surface area contributed by atoms with E-state index in [-0.39, 0.29) is 0 Å². The Morgan fingerprint density at radius 3 is 2.95 bits per heavy atom. The highest BCUT2D eigenvalue weighted by Gasteiger charge is 2.18. The largest absolute Gasteiger partial charge is 0.357 e. The first kappa shape index (κ1) is 16.8. The second-order valence-electron chi connectivity index (χ2n) is 6.37. The van der Waals surface area contributed by atoms with Gasteiger partial charge in [0.05, 0.1) is 12.2 Å². The Morgan fingerprint density at radius 1 is 1.32 bits per heavy atom. The van der Waals surface area contributed by atoms with Crippen LogP contribution in [0.5, 0.6) is 0 Å². The smallest absolute Gasteiger partial charge is 0.191 e. The molecule has 0 aromatic carbocycles. The summed E-state index contributed by atoms with van der Waals surface area (Å²) < 4.78 is 0. The highest BCUT2D eigenvalue weighted by atomic mass is 15.2. The van der Waals surface area contributed by atoms with Crippen LogP contribution in [-0.4, -0.2) is 24.0 Å². The molecule has 0 saturated heterocycles. The van der Waals surface area contributed by atoms with E-state index in [4.69, 9.17) is 0 Å². The molecular formula is C18H30N4. The van der Waals surface area contributed by atoms with Crippen molar-refractivity contribution in [1.29, 1.82) is 0 Å². The van der Waals surface area contributed by atoms with Crippen LogP contribution in [0.1, 0.15) is 51.6 Å². The van der Waals surface area contributed by atoms with E-state index in [1.165, 1.54) is 32.1 Å².